The van der Waals surface area contributed by atoms with E-state index in [2.05, 4.69) is 10.6 Å². The number of fused-ring (bicyclic) bond motifs is 2. The summed E-state index contributed by atoms with van der Waals surface area (Å²) in [6, 6.07) is 8.72. The summed E-state index contributed by atoms with van der Waals surface area (Å²) in [7, 11) is 0. The summed E-state index contributed by atoms with van der Waals surface area (Å²) in [6.45, 7) is 3.55. The lowest BCUT2D eigenvalue weighted by atomic mass is 9.99. The number of hydrogen-bond donors (Lipinski definition) is 2. The van der Waals surface area contributed by atoms with E-state index >= 15 is 0 Å². The summed E-state index contributed by atoms with van der Waals surface area (Å²) >= 11 is 0. The first kappa shape index (κ1) is 16.7. The number of carbonyl (C=O) groups excluding carboxylic acids is 2. The number of anilines is 2. The van der Waals surface area contributed by atoms with Crippen LogP contribution in [0.25, 0.3) is 0 Å². The van der Waals surface area contributed by atoms with Crippen LogP contribution in [0.3, 0.4) is 0 Å². The van der Waals surface area contributed by atoms with Crippen LogP contribution in [0.5, 0.6) is 0 Å². The molecule has 2 heterocycles. The minimum absolute atomic E-state index is 0.00780. The molecule has 2 aliphatic rings. The van der Waals surface area contributed by atoms with Gasteiger partial charge in [-0.1, -0.05) is 6.07 Å². The van der Waals surface area contributed by atoms with Gasteiger partial charge in [-0.3, -0.25) is 9.59 Å². The van der Waals surface area contributed by atoms with Gasteiger partial charge < -0.3 is 15.5 Å². The molecule has 6 heteroatoms. The lowest BCUT2D eigenvalue weighted by Crippen LogP contribution is -2.25. The van der Waals surface area contributed by atoms with Gasteiger partial charge in [-0.2, -0.15) is 0 Å². The van der Waals surface area contributed by atoms with Gasteiger partial charge in [-0.25, -0.2) is 4.39 Å². The summed E-state index contributed by atoms with van der Waals surface area (Å²) in [5, 5.41) is 5.89. The maximum absolute atomic E-state index is 14.7. The highest BCUT2D eigenvalue weighted by Crippen LogP contribution is 2.30. The Balaban J connectivity index is 1.57. The average Bonchev–Trinajstić information content (AvgIpc) is 3.07. The fourth-order valence-electron chi connectivity index (χ4n) is 3.69. The molecule has 4 rings (SSSR count). The molecule has 0 spiro atoms. The van der Waals surface area contributed by atoms with Crippen molar-refractivity contribution in [3.05, 3.63) is 58.4 Å². The molecule has 26 heavy (non-hydrogen) atoms. The molecule has 0 atom stereocenters. The third kappa shape index (κ3) is 2.86. The van der Waals surface area contributed by atoms with Gasteiger partial charge in [0.15, 0.2) is 0 Å². The van der Waals surface area contributed by atoms with Crippen molar-refractivity contribution in [3.8, 4) is 0 Å². The van der Waals surface area contributed by atoms with E-state index in [0.29, 0.717) is 30.6 Å². The monoisotopic (exact) mass is 353 g/mol. The number of rotatable bonds is 2. The zero-order valence-electron chi connectivity index (χ0n) is 14.6. The topological polar surface area (TPSA) is 61.4 Å². The van der Waals surface area contributed by atoms with Gasteiger partial charge in [0.05, 0.1) is 5.69 Å². The number of nitrogens with one attached hydrogen (secondary N) is 2. The van der Waals surface area contributed by atoms with Gasteiger partial charge in [-0.15, -0.1) is 0 Å². The molecule has 0 aliphatic carbocycles. The van der Waals surface area contributed by atoms with Gasteiger partial charge in [0, 0.05) is 31.3 Å². The third-order valence-electron chi connectivity index (χ3n) is 5.07. The normalized spacial score (nSPS) is 15.4. The minimum atomic E-state index is -0.346. The highest BCUT2D eigenvalue weighted by atomic mass is 19.1. The van der Waals surface area contributed by atoms with Crippen LogP contribution in [-0.4, -0.2) is 24.9 Å². The van der Waals surface area contributed by atoms with Crippen molar-refractivity contribution in [3.63, 3.8) is 0 Å². The Bertz CT molecular complexity index is 910. The van der Waals surface area contributed by atoms with Gasteiger partial charge in [0.25, 0.3) is 5.91 Å². The second kappa shape index (κ2) is 6.53. The van der Waals surface area contributed by atoms with Crippen LogP contribution < -0.4 is 15.5 Å². The highest BCUT2D eigenvalue weighted by molar-refractivity contribution is 6.05. The number of hydrogen-bond acceptors (Lipinski definition) is 3. The molecule has 2 aliphatic heterocycles. The van der Waals surface area contributed by atoms with Crippen LogP contribution in [0, 0.1) is 5.82 Å². The fourth-order valence-corrected chi connectivity index (χ4v) is 3.69. The summed E-state index contributed by atoms with van der Waals surface area (Å²) in [5.41, 5.74) is 4.10. The number of amides is 2. The molecular formula is C20H20FN3O2. The zero-order chi connectivity index (χ0) is 18.3. The predicted octanol–water partition coefficient (Wildman–Crippen LogP) is 2.63. The summed E-state index contributed by atoms with van der Waals surface area (Å²) in [6.07, 6.45) is 1.33. The molecule has 0 saturated heterocycles. The molecule has 0 fully saturated rings. The van der Waals surface area contributed by atoms with Gasteiger partial charge in [0.2, 0.25) is 5.91 Å². The van der Waals surface area contributed by atoms with E-state index in [1.807, 2.05) is 6.07 Å². The number of benzene rings is 2. The largest absolute Gasteiger partial charge is 0.319 e. The minimum Gasteiger partial charge on any atom is -0.319 e. The Kier molecular flexibility index (Phi) is 4.20. The molecule has 0 aromatic heterocycles. The van der Waals surface area contributed by atoms with Crippen molar-refractivity contribution < 1.29 is 14.0 Å². The first-order valence-corrected chi connectivity index (χ1v) is 8.78. The Morgan fingerprint density at radius 1 is 1.15 bits per heavy atom. The smallest absolute Gasteiger partial charge is 0.255 e. The molecule has 2 aromatic carbocycles. The third-order valence-corrected chi connectivity index (χ3v) is 5.07. The van der Waals surface area contributed by atoms with Crippen LogP contribution in [0.4, 0.5) is 15.8 Å². The molecule has 0 radical (unpaired) electrons. The van der Waals surface area contributed by atoms with Crippen molar-refractivity contribution in [2.24, 2.45) is 0 Å². The molecule has 0 unspecified atom stereocenters. The fraction of sp³-hybridized carbons (Fsp3) is 0.300. The van der Waals surface area contributed by atoms with Crippen LogP contribution >= 0.6 is 0 Å². The molecular weight excluding hydrogens is 333 g/mol. The van der Waals surface area contributed by atoms with Crippen molar-refractivity contribution in [2.75, 3.05) is 23.3 Å². The van der Waals surface area contributed by atoms with Gasteiger partial charge in [-0.05, 0) is 60.3 Å². The molecule has 2 amide bonds. The summed E-state index contributed by atoms with van der Waals surface area (Å²) < 4.78 is 14.7. The second-order valence-corrected chi connectivity index (χ2v) is 6.71. The zero-order valence-corrected chi connectivity index (χ0v) is 14.6. The van der Waals surface area contributed by atoms with Crippen molar-refractivity contribution >= 4 is 23.2 Å². The molecule has 0 bridgehead atoms. The SMILES string of the molecule is CC(=O)N1CCc2cc(C(=O)Nc3ccc4c(c3F)CCNC4)ccc21. The molecule has 0 saturated carbocycles. The van der Waals surface area contributed by atoms with E-state index in [1.54, 1.807) is 29.2 Å². The van der Waals surface area contributed by atoms with E-state index in [-0.39, 0.29) is 23.3 Å². The Hall–Kier alpha value is -2.73. The van der Waals surface area contributed by atoms with Crippen LogP contribution in [-0.2, 0) is 24.2 Å². The molecule has 134 valence electrons. The van der Waals surface area contributed by atoms with Crippen molar-refractivity contribution in [2.45, 2.75) is 26.3 Å². The molecule has 2 N–H and O–H groups in total. The standard InChI is InChI=1S/C20H20FN3O2/c1-12(25)24-9-7-13-10-14(3-5-18(13)24)20(26)23-17-4-2-15-11-22-8-6-16(15)19(17)21/h2-5,10,22H,6-9,11H2,1H3,(H,23,26). The Labute approximate surface area is 151 Å². The van der Waals surface area contributed by atoms with Crippen LogP contribution in [0.2, 0.25) is 0 Å². The van der Waals surface area contributed by atoms with E-state index in [0.717, 1.165) is 29.8 Å². The van der Waals surface area contributed by atoms with Gasteiger partial charge >= 0.3 is 0 Å². The Morgan fingerprint density at radius 2 is 2.00 bits per heavy atom. The highest BCUT2D eigenvalue weighted by Gasteiger charge is 2.24. The molecule has 5 nitrogen and oxygen atoms in total. The van der Waals surface area contributed by atoms with E-state index in [4.69, 9.17) is 0 Å². The molecule has 2 aromatic rings. The second-order valence-electron chi connectivity index (χ2n) is 6.71. The first-order valence-electron chi connectivity index (χ1n) is 8.78. The van der Waals surface area contributed by atoms with Crippen molar-refractivity contribution in [1.82, 2.24) is 5.32 Å². The van der Waals surface area contributed by atoms with Gasteiger partial charge in [0.1, 0.15) is 5.82 Å². The Morgan fingerprint density at radius 3 is 2.81 bits per heavy atom. The predicted molar refractivity (Wildman–Crippen MR) is 97.9 cm³/mol. The first-order chi connectivity index (χ1) is 12.5. The summed E-state index contributed by atoms with van der Waals surface area (Å²) in [4.78, 5) is 25.9. The lowest BCUT2D eigenvalue weighted by molar-refractivity contribution is -0.116. The maximum Gasteiger partial charge on any atom is 0.255 e. The van der Waals surface area contributed by atoms with E-state index in [1.165, 1.54) is 6.92 Å². The number of nitrogens with zero attached hydrogens (tertiary/aromatic N) is 1. The average molecular weight is 353 g/mol. The van der Waals surface area contributed by atoms with Crippen LogP contribution in [0.1, 0.15) is 34.0 Å². The van der Waals surface area contributed by atoms with Crippen molar-refractivity contribution in [1.29, 1.82) is 0 Å². The summed E-state index contributed by atoms with van der Waals surface area (Å²) in [5.74, 6) is -0.699. The number of halogens is 1. The number of carbonyl (C=O) groups is 2. The van der Waals surface area contributed by atoms with Crippen LogP contribution in [0.15, 0.2) is 30.3 Å². The van der Waals surface area contributed by atoms with E-state index < -0.39 is 0 Å². The quantitative estimate of drug-likeness (QED) is 0.873. The lowest BCUT2D eigenvalue weighted by Gasteiger charge is -2.19. The maximum atomic E-state index is 14.7. The van der Waals surface area contributed by atoms with E-state index in [9.17, 15) is 14.0 Å².